The maximum atomic E-state index is 5.53. The fourth-order valence-corrected chi connectivity index (χ4v) is 4.25. The van der Waals surface area contributed by atoms with Gasteiger partial charge >= 0.3 is 0 Å². The topological polar surface area (TPSA) is 56.2 Å². The number of aromatic nitrogens is 1. The summed E-state index contributed by atoms with van der Waals surface area (Å²) in [4.78, 5) is 16.2. The molecule has 7 nitrogen and oxygen atoms in total. The highest BCUT2D eigenvalue weighted by Crippen LogP contribution is 2.28. The summed E-state index contributed by atoms with van der Waals surface area (Å²) in [7, 11) is 3.59. The number of hydrogen-bond acceptors (Lipinski definition) is 5. The van der Waals surface area contributed by atoms with Crippen molar-refractivity contribution in [3.05, 3.63) is 48.2 Å². The standard InChI is InChI=1S/C23H32N6O/c1-24-23(26-18-19-9-10-25-22(17-19)28-11-5-6-12-28)29-15-13-27(14-16-29)20-7-3-4-8-21(20)30-2/h3-4,7-10,17H,5-6,11-16,18H2,1-2H3,(H,24,26). The zero-order valence-corrected chi connectivity index (χ0v) is 18.0. The number of pyridine rings is 1. The van der Waals surface area contributed by atoms with Crippen LogP contribution in [0.25, 0.3) is 0 Å². The molecule has 1 aromatic heterocycles. The summed E-state index contributed by atoms with van der Waals surface area (Å²) in [6, 6.07) is 12.5. The molecule has 2 aliphatic heterocycles. The molecule has 2 saturated heterocycles. The van der Waals surface area contributed by atoms with Gasteiger partial charge in [-0.1, -0.05) is 12.1 Å². The van der Waals surface area contributed by atoms with Crippen LogP contribution in [0.15, 0.2) is 47.6 Å². The summed E-state index contributed by atoms with van der Waals surface area (Å²) in [5, 5.41) is 3.54. The van der Waals surface area contributed by atoms with E-state index in [0.29, 0.717) is 0 Å². The minimum atomic E-state index is 0.753. The fraction of sp³-hybridized carbons (Fsp3) is 0.478. The van der Waals surface area contributed by atoms with E-state index in [1.54, 1.807) is 7.11 Å². The van der Waals surface area contributed by atoms with E-state index < -0.39 is 0 Å². The van der Waals surface area contributed by atoms with Crippen molar-refractivity contribution in [2.75, 3.05) is 63.2 Å². The van der Waals surface area contributed by atoms with Crippen LogP contribution in [0.2, 0.25) is 0 Å². The van der Waals surface area contributed by atoms with Gasteiger partial charge in [0.05, 0.1) is 12.8 Å². The third-order valence-electron chi connectivity index (χ3n) is 5.91. The van der Waals surface area contributed by atoms with Crippen LogP contribution in [0.4, 0.5) is 11.5 Å². The smallest absolute Gasteiger partial charge is 0.194 e. The first-order chi connectivity index (χ1) is 14.8. The summed E-state index contributed by atoms with van der Waals surface area (Å²) >= 11 is 0. The van der Waals surface area contributed by atoms with Crippen molar-refractivity contribution in [3.8, 4) is 5.75 Å². The molecular formula is C23H32N6O. The number of nitrogens with zero attached hydrogens (tertiary/aromatic N) is 5. The Morgan fingerprint density at radius 1 is 1.03 bits per heavy atom. The molecule has 2 fully saturated rings. The van der Waals surface area contributed by atoms with E-state index in [1.165, 1.54) is 18.4 Å². The monoisotopic (exact) mass is 408 g/mol. The number of rotatable bonds is 5. The number of hydrogen-bond donors (Lipinski definition) is 1. The Morgan fingerprint density at radius 2 is 1.80 bits per heavy atom. The third kappa shape index (κ3) is 4.61. The Hall–Kier alpha value is -2.96. The number of anilines is 2. The van der Waals surface area contributed by atoms with Crippen molar-refractivity contribution in [2.45, 2.75) is 19.4 Å². The largest absolute Gasteiger partial charge is 0.495 e. The molecule has 2 aliphatic rings. The zero-order valence-electron chi connectivity index (χ0n) is 18.0. The van der Waals surface area contributed by atoms with Crippen LogP contribution in [-0.2, 0) is 6.54 Å². The molecule has 0 radical (unpaired) electrons. The van der Waals surface area contributed by atoms with Crippen molar-refractivity contribution < 1.29 is 4.74 Å². The number of nitrogens with one attached hydrogen (secondary N) is 1. The Bertz CT molecular complexity index is 856. The minimum Gasteiger partial charge on any atom is -0.495 e. The maximum absolute atomic E-state index is 5.53. The summed E-state index contributed by atoms with van der Waals surface area (Å²) < 4.78 is 5.53. The molecule has 3 heterocycles. The minimum absolute atomic E-state index is 0.753. The highest BCUT2D eigenvalue weighted by Gasteiger charge is 2.21. The lowest BCUT2D eigenvalue weighted by atomic mass is 10.2. The Balaban J connectivity index is 1.33. The van der Waals surface area contributed by atoms with Gasteiger partial charge in [-0.15, -0.1) is 0 Å². The van der Waals surface area contributed by atoms with Gasteiger partial charge in [0.15, 0.2) is 5.96 Å². The lowest BCUT2D eigenvalue weighted by Crippen LogP contribution is -2.52. The molecule has 0 saturated carbocycles. The first kappa shape index (κ1) is 20.3. The molecule has 0 spiro atoms. The third-order valence-corrected chi connectivity index (χ3v) is 5.91. The predicted octanol–water partition coefficient (Wildman–Crippen LogP) is 2.59. The predicted molar refractivity (Wildman–Crippen MR) is 123 cm³/mol. The number of benzene rings is 1. The second-order valence-electron chi connectivity index (χ2n) is 7.76. The van der Waals surface area contributed by atoms with Crippen molar-refractivity contribution in [1.82, 2.24) is 15.2 Å². The number of ether oxygens (including phenoxy) is 1. The molecule has 30 heavy (non-hydrogen) atoms. The van der Waals surface area contributed by atoms with Crippen molar-refractivity contribution in [2.24, 2.45) is 4.99 Å². The van der Waals surface area contributed by atoms with Gasteiger partial charge in [-0.25, -0.2) is 4.98 Å². The number of guanidine groups is 1. The lowest BCUT2D eigenvalue weighted by Gasteiger charge is -2.38. The highest BCUT2D eigenvalue weighted by molar-refractivity contribution is 5.80. The molecule has 0 bridgehead atoms. The zero-order chi connectivity index (χ0) is 20.8. The number of aliphatic imine (C=N–C) groups is 1. The van der Waals surface area contributed by atoms with Crippen LogP contribution in [-0.4, -0.2) is 69.3 Å². The van der Waals surface area contributed by atoms with Crippen LogP contribution in [0.1, 0.15) is 18.4 Å². The van der Waals surface area contributed by atoms with Gasteiger partial charge in [-0.05, 0) is 42.7 Å². The van der Waals surface area contributed by atoms with Gasteiger partial charge in [0, 0.05) is 59.1 Å². The molecule has 0 amide bonds. The summed E-state index contributed by atoms with van der Waals surface area (Å²) in [6.07, 6.45) is 4.44. The van der Waals surface area contributed by atoms with E-state index in [-0.39, 0.29) is 0 Å². The quantitative estimate of drug-likeness (QED) is 0.606. The molecule has 1 N–H and O–H groups in total. The first-order valence-corrected chi connectivity index (χ1v) is 10.8. The van der Waals surface area contributed by atoms with Crippen LogP contribution >= 0.6 is 0 Å². The summed E-state index contributed by atoms with van der Waals surface area (Å²) in [6.45, 7) is 6.71. The highest BCUT2D eigenvalue weighted by atomic mass is 16.5. The Morgan fingerprint density at radius 3 is 2.53 bits per heavy atom. The average Bonchev–Trinajstić information content (AvgIpc) is 3.35. The van der Waals surface area contributed by atoms with Crippen molar-refractivity contribution >= 4 is 17.5 Å². The van der Waals surface area contributed by atoms with Crippen LogP contribution in [0.5, 0.6) is 5.75 Å². The van der Waals surface area contributed by atoms with Gasteiger partial charge in [0.1, 0.15) is 11.6 Å². The van der Waals surface area contributed by atoms with E-state index in [4.69, 9.17) is 4.74 Å². The van der Waals surface area contributed by atoms with Gasteiger partial charge in [0.25, 0.3) is 0 Å². The van der Waals surface area contributed by atoms with Gasteiger partial charge in [-0.3, -0.25) is 4.99 Å². The SMILES string of the molecule is CN=C(NCc1ccnc(N2CCCC2)c1)N1CCN(c2ccccc2OC)CC1. The van der Waals surface area contributed by atoms with Gasteiger partial charge in [-0.2, -0.15) is 0 Å². The first-order valence-electron chi connectivity index (χ1n) is 10.8. The average molecular weight is 409 g/mol. The van der Waals surface area contributed by atoms with Crippen molar-refractivity contribution in [3.63, 3.8) is 0 Å². The number of para-hydroxylation sites is 2. The molecule has 160 valence electrons. The van der Waals surface area contributed by atoms with Crippen molar-refractivity contribution in [1.29, 1.82) is 0 Å². The van der Waals surface area contributed by atoms with E-state index in [1.807, 2.05) is 25.4 Å². The van der Waals surface area contributed by atoms with E-state index >= 15 is 0 Å². The second kappa shape index (κ2) is 9.69. The van der Waals surface area contributed by atoms with E-state index in [0.717, 1.165) is 69.0 Å². The summed E-state index contributed by atoms with van der Waals surface area (Å²) in [5.41, 5.74) is 2.40. The Labute approximate surface area is 179 Å². The normalized spacial score (nSPS) is 17.4. The maximum Gasteiger partial charge on any atom is 0.194 e. The van der Waals surface area contributed by atoms with E-state index in [2.05, 4.69) is 54.3 Å². The van der Waals surface area contributed by atoms with E-state index in [9.17, 15) is 0 Å². The molecule has 2 aromatic rings. The number of methoxy groups -OCH3 is 1. The molecule has 0 aliphatic carbocycles. The molecule has 0 unspecified atom stereocenters. The second-order valence-corrected chi connectivity index (χ2v) is 7.76. The van der Waals surface area contributed by atoms with Gasteiger partial charge in [0.2, 0.25) is 0 Å². The molecule has 0 atom stereocenters. The molecular weight excluding hydrogens is 376 g/mol. The van der Waals surface area contributed by atoms with Gasteiger partial charge < -0.3 is 24.8 Å². The van der Waals surface area contributed by atoms with Crippen LogP contribution in [0, 0.1) is 0 Å². The number of piperazine rings is 1. The Kier molecular flexibility index (Phi) is 6.57. The molecule has 7 heteroatoms. The molecule has 1 aromatic carbocycles. The molecule has 4 rings (SSSR count). The summed E-state index contributed by atoms with van der Waals surface area (Å²) in [5.74, 6) is 2.97. The lowest BCUT2D eigenvalue weighted by molar-refractivity contribution is 0.367. The van der Waals surface area contributed by atoms with Crippen LogP contribution < -0.4 is 19.9 Å². The van der Waals surface area contributed by atoms with Crippen LogP contribution in [0.3, 0.4) is 0 Å². The fourth-order valence-electron chi connectivity index (χ4n) is 4.25.